The summed E-state index contributed by atoms with van der Waals surface area (Å²) in [5.41, 5.74) is 0.575. The molecule has 1 N–H and O–H groups in total. The molecule has 6 nitrogen and oxygen atoms in total. The third kappa shape index (κ3) is 3.24. The van der Waals surface area contributed by atoms with Crippen LogP contribution in [0.25, 0.3) is 5.78 Å². The predicted octanol–water partition coefficient (Wildman–Crippen LogP) is 2.82. The topological polar surface area (TPSA) is 64.3 Å². The lowest BCUT2D eigenvalue weighted by Gasteiger charge is -2.31. The molecule has 23 heavy (non-hydrogen) atoms. The minimum absolute atomic E-state index is 0.0253. The van der Waals surface area contributed by atoms with E-state index in [1.54, 1.807) is 20.1 Å². The standard InChI is InChI=1S/C14H18F3N5O/c1-8-7-11(19-9-5-3-4-6-10(9)23-2)22-13(18-8)20-12(21-22)14(15,16)17/h7,9-10,19H,3-6H2,1-2H3/t9-,10-/m1/s1. The number of hydrogen-bond donors (Lipinski definition) is 1. The monoisotopic (exact) mass is 329 g/mol. The van der Waals surface area contributed by atoms with Crippen molar-refractivity contribution < 1.29 is 17.9 Å². The lowest BCUT2D eigenvalue weighted by molar-refractivity contribution is -0.144. The van der Waals surface area contributed by atoms with Crippen LogP contribution >= 0.6 is 0 Å². The fourth-order valence-electron chi connectivity index (χ4n) is 2.94. The molecule has 0 aliphatic heterocycles. The van der Waals surface area contributed by atoms with Gasteiger partial charge in [0.1, 0.15) is 5.82 Å². The summed E-state index contributed by atoms with van der Waals surface area (Å²) >= 11 is 0. The van der Waals surface area contributed by atoms with Gasteiger partial charge in [-0.2, -0.15) is 22.7 Å². The maximum atomic E-state index is 12.8. The third-order valence-corrected chi connectivity index (χ3v) is 4.03. The van der Waals surface area contributed by atoms with Crippen molar-refractivity contribution in [2.75, 3.05) is 12.4 Å². The van der Waals surface area contributed by atoms with E-state index in [0.29, 0.717) is 11.5 Å². The molecule has 2 heterocycles. The van der Waals surface area contributed by atoms with E-state index >= 15 is 0 Å². The first-order valence-corrected chi connectivity index (χ1v) is 7.49. The van der Waals surface area contributed by atoms with E-state index in [4.69, 9.17) is 4.74 Å². The van der Waals surface area contributed by atoms with Crippen LogP contribution in [0.1, 0.15) is 37.2 Å². The molecule has 0 saturated heterocycles. The first-order chi connectivity index (χ1) is 10.9. The van der Waals surface area contributed by atoms with E-state index in [9.17, 15) is 13.2 Å². The third-order valence-electron chi connectivity index (χ3n) is 4.03. The van der Waals surface area contributed by atoms with Gasteiger partial charge in [0.15, 0.2) is 0 Å². The maximum absolute atomic E-state index is 12.8. The molecule has 0 amide bonds. The van der Waals surface area contributed by atoms with E-state index < -0.39 is 12.0 Å². The average Bonchev–Trinajstić information content (AvgIpc) is 2.92. The Morgan fingerprint density at radius 1 is 1.26 bits per heavy atom. The molecule has 0 unspecified atom stereocenters. The van der Waals surface area contributed by atoms with Crippen LogP contribution in [0.4, 0.5) is 19.0 Å². The number of nitrogens with one attached hydrogen (secondary N) is 1. The molecule has 126 valence electrons. The highest BCUT2D eigenvalue weighted by Gasteiger charge is 2.37. The second-order valence-corrected chi connectivity index (χ2v) is 5.74. The number of ether oxygens (including phenoxy) is 1. The van der Waals surface area contributed by atoms with Crippen molar-refractivity contribution in [3.8, 4) is 0 Å². The molecule has 0 radical (unpaired) electrons. The van der Waals surface area contributed by atoms with Gasteiger partial charge in [-0.1, -0.05) is 12.8 Å². The summed E-state index contributed by atoms with van der Waals surface area (Å²) < 4.78 is 45.1. The quantitative estimate of drug-likeness (QED) is 0.938. The van der Waals surface area contributed by atoms with Crippen molar-refractivity contribution in [2.45, 2.75) is 50.9 Å². The van der Waals surface area contributed by atoms with Gasteiger partial charge in [0, 0.05) is 18.9 Å². The number of alkyl halides is 3. The smallest absolute Gasteiger partial charge is 0.379 e. The van der Waals surface area contributed by atoms with E-state index in [1.807, 2.05) is 0 Å². The number of nitrogens with zero attached hydrogens (tertiary/aromatic N) is 4. The van der Waals surface area contributed by atoms with E-state index in [-0.39, 0.29) is 17.9 Å². The molecule has 2 aromatic heterocycles. The van der Waals surface area contributed by atoms with Gasteiger partial charge in [-0.3, -0.25) is 0 Å². The van der Waals surface area contributed by atoms with Gasteiger partial charge in [-0.05, 0) is 19.8 Å². The lowest BCUT2D eigenvalue weighted by atomic mass is 9.92. The summed E-state index contributed by atoms with van der Waals surface area (Å²) in [6.45, 7) is 1.71. The predicted molar refractivity (Wildman–Crippen MR) is 77.2 cm³/mol. The molecule has 1 aliphatic rings. The molecule has 2 atom stereocenters. The minimum atomic E-state index is -4.60. The average molecular weight is 329 g/mol. The molecule has 1 aliphatic carbocycles. The summed E-state index contributed by atoms with van der Waals surface area (Å²) in [4.78, 5) is 7.50. The van der Waals surface area contributed by atoms with Crippen LogP contribution in [0.2, 0.25) is 0 Å². The zero-order chi connectivity index (χ0) is 16.6. The van der Waals surface area contributed by atoms with Crippen molar-refractivity contribution in [1.82, 2.24) is 19.6 Å². The van der Waals surface area contributed by atoms with Gasteiger partial charge in [0.2, 0.25) is 0 Å². The van der Waals surface area contributed by atoms with E-state index in [2.05, 4.69) is 20.4 Å². The van der Waals surface area contributed by atoms with Crippen molar-refractivity contribution in [2.24, 2.45) is 0 Å². The Hall–Kier alpha value is -1.90. The fraction of sp³-hybridized carbons (Fsp3) is 0.643. The molecular formula is C14H18F3N5O. The highest BCUT2D eigenvalue weighted by atomic mass is 19.4. The minimum Gasteiger partial charge on any atom is -0.379 e. The Morgan fingerprint density at radius 3 is 2.70 bits per heavy atom. The summed E-state index contributed by atoms with van der Waals surface area (Å²) in [6.07, 6.45) is -0.621. The van der Waals surface area contributed by atoms with Crippen LogP contribution in [-0.4, -0.2) is 38.8 Å². The van der Waals surface area contributed by atoms with Gasteiger partial charge < -0.3 is 10.1 Å². The normalized spacial score (nSPS) is 22.5. The van der Waals surface area contributed by atoms with Crippen LogP contribution in [0.3, 0.4) is 0 Å². The number of hydrogen-bond acceptors (Lipinski definition) is 5. The number of rotatable bonds is 3. The second kappa shape index (κ2) is 5.95. The van der Waals surface area contributed by atoms with Crippen LogP contribution in [0.15, 0.2) is 6.07 Å². The number of fused-ring (bicyclic) bond motifs is 1. The largest absolute Gasteiger partial charge is 0.453 e. The van der Waals surface area contributed by atoms with Crippen molar-refractivity contribution >= 4 is 11.6 Å². The van der Waals surface area contributed by atoms with Gasteiger partial charge in [0.25, 0.3) is 11.6 Å². The molecule has 3 rings (SSSR count). The van der Waals surface area contributed by atoms with Gasteiger partial charge in [-0.25, -0.2) is 4.98 Å². The Balaban J connectivity index is 1.97. The molecule has 0 aromatic carbocycles. The molecule has 1 saturated carbocycles. The molecule has 0 bridgehead atoms. The fourth-order valence-corrected chi connectivity index (χ4v) is 2.94. The highest BCUT2D eigenvalue weighted by molar-refractivity contribution is 5.46. The van der Waals surface area contributed by atoms with Gasteiger partial charge >= 0.3 is 6.18 Å². The Kier molecular flexibility index (Phi) is 4.13. The van der Waals surface area contributed by atoms with Crippen LogP contribution < -0.4 is 5.32 Å². The van der Waals surface area contributed by atoms with Crippen LogP contribution in [0, 0.1) is 6.92 Å². The van der Waals surface area contributed by atoms with Crippen LogP contribution in [0.5, 0.6) is 0 Å². The SMILES string of the molecule is CO[C@@H]1CCCC[C@H]1Nc1cc(C)nc2nc(C(F)(F)F)nn12. The molecule has 2 aromatic rings. The van der Waals surface area contributed by atoms with Crippen molar-refractivity contribution in [3.05, 3.63) is 17.6 Å². The number of anilines is 1. The number of aromatic nitrogens is 4. The summed E-state index contributed by atoms with van der Waals surface area (Å²) in [5, 5.41) is 6.81. The summed E-state index contributed by atoms with van der Waals surface area (Å²) in [5.74, 6) is -0.806. The zero-order valence-electron chi connectivity index (χ0n) is 12.9. The lowest BCUT2D eigenvalue weighted by Crippen LogP contribution is -2.38. The Bertz CT molecular complexity index is 700. The first kappa shape index (κ1) is 16.0. The molecular weight excluding hydrogens is 311 g/mol. The summed E-state index contributed by atoms with van der Waals surface area (Å²) in [6, 6.07) is 1.70. The van der Waals surface area contributed by atoms with E-state index in [0.717, 1.165) is 30.2 Å². The Labute approximate surface area is 131 Å². The van der Waals surface area contributed by atoms with Crippen molar-refractivity contribution in [3.63, 3.8) is 0 Å². The summed E-state index contributed by atoms with van der Waals surface area (Å²) in [7, 11) is 1.65. The van der Waals surface area contributed by atoms with Crippen LogP contribution in [-0.2, 0) is 10.9 Å². The first-order valence-electron chi connectivity index (χ1n) is 7.49. The number of aryl methyl sites for hydroxylation is 1. The van der Waals surface area contributed by atoms with Gasteiger partial charge in [0.05, 0.1) is 12.1 Å². The zero-order valence-corrected chi connectivity index (χ0v) is 12.9. The molecule has 1 fully saturated rings. The number of methoxy groups -OCH3 is 1. The maximum Gasteiger partial charge on any atom is 0.453 e. The van der Waals surface area contributed by atoms with E-state index in [1.165, 1.54) is 0 Å². The van der Waals surface area contributed by atoms with Crippen molar-refractivity contribution in [1.29, 1.82) is 0 Å². The molecule has 9 heteroatoms. The molecule has 0 spiro atoms. The Morgan fingerprint density at radius 2 is 2.00 bits per heavy atom. The second-order valence-electron chi connectivity index (χ2n) is 5.74. The van der Waals surface area contributed by atoms with Gasteiger partial charge in [-0.15, -0.1) is 5.10 Å². The highest BCUT2D eigenvalue weighted by Crippen LogP contribution is 2.28. The number of halogens is 3.